The van der Waals surface area contributed by atoms with Gasteiger partial charge in [0.15, 0.2) is 5.69 Å². The highest BCUT2D eigenvalue weighted by molar-refractivity contribution is 5.98. The minimum absolute atomic E-state index is 0.0253. The molecule has 0 radical (unpaired) electrons. The summed E-state index contributed by atoms with van der Waals surface area (Å²) < 4.78 is 13.3. The number of hydrogen-bond donors (Lipinski definition) is 4. The molecule has 21 heteroatoms. The van der Waals surface area contributed by atoms with Crippen molar-refractivity contribution in [2.45, 2.75) is 96.1 Å². The lowest BCUT2D eigenvalue weighted by molar-refractivity contribution is -0.163. The molecule has 5 aliphatic rings. The number of carbonyl (C=O) groups excluding carboxylic acids is 4. The van der Waals surface area contributed by atoms with E-state index in [0.717, 1.165) is 37.7 Å². The Morgan fingerprint density at radius 3 is 1.85 bits per heavy atom. The zero-order chi connectivity index (χ0) is 57.3. The van der Waals surface area contributed by atoms with E-state index in [1.54, 1.807) is 82.9 Å². The van der Waals surface area contributed by atoms with Gasteiger partial charge in [0.1, 0.15) is 28.9 Å². The van der Waals surface area contributed by atoms with Gasteiger partial charge >= 0.3 is 17.9 Å². The van der Waals surface area contributed by atoms with Crippen molar-refractivity contribution in [3.63, 3.8) is 0 Å². The van der Waals surface area contributed by atoms with Crippen molar-refractivity contribution in [2.75, 3.05) is 114 Å². The molecule has 4 saturated carbocycles. The summed E-state index contributed by atoms with van der Waals surface area (Å²) in [6.45, 7) is 10.2. The average molecular weight is 1100 g/mol. The molecule has 3 aromatic rings. The number of amides is 3. The van der Waals surface area contributed by atoms with Crippen LogP contribution in [-0.2, 0) is 24.0 Å². The second kappa shape index (κ2) is 26.7. The molecule has 1 atom stereocenters. The maximum Gasteiger partial charge on any atom is 0.330 e. The lowest BCUT2D eigenvalue weighted by Crippen LogP contribution is -2.70. The van der Waals surface area contributed by atoms with Crippen molar-refractivity contribution >= 4 is 41.4 Å². The SMILES string of the molecule is COc1cccc(OC)c1-c1cc(C(=O)NC2(C(=O)O)C3CC4CC(C3)CC2C4)nn1-c1ccc(C(=O)N(C)CCCN(C)CCCN(C)C(=O)CCC(C(=O)O)N2CCN(CC(C)=O)CCN(CC(=O)O)CC2)cc1C(C)C. The number of nitrogens with one attached hydrogen (secondary N) is 1. The fourth-order valence-electron chi connectivity index (χ4n) is 13.0. The third kappa shape index (κ3) is 14.3. The van der Waals surface area contributed by atoms with E-state index >= 15 is 0 Å². The van der Waals surface area contributed by atoms with E-state index in [0.29, 0.717) is 124 Å². The van der Waals surface area contributed by atoms with Gasteiger partial charge in [0, 0.05) is 78.4 Å². The summed E-state index contributed by atoms with van der Waals surface area (Å²) in [4.78, 5) is 102. The predicted molar refractivity (Wildman–Crippen MR) is 296 cm³/mol. The molecule has 1 aliphatic heterocycles. The first-order chi connectivity index (χ1) is 37.6. The molecule has 21 nitrogen and oxygen atoms in total. The number of carbonyl (C=O) groups is 7. The number of hydrogen-bond acceptors (Lipinski definition) is 14. The lowest BCUT2D eigenvalue weighted by atomic mass is 9.48. The molecule has 4 bridgehead atoms. The first kappa shape index (κ1) is 60.2. The number of aliphatic carboxylic acids is 3. The van der Waals surface area contributed by atoms with Gasteiger partial charge in [-0.1, -0.05) is 19.9 Å². The van der Waals surface area contributed by atoms with Crippen LogP contribution in [0, 0.1) is 23.7 Å². The Morgan fingerprint density at radius 1 is 0.747 bits per heavy atom. The fraction of sp³-hybridized carbons (Fsp3) is 0.621. The Morgan fingerprint density at radius 2 is 1.32 bits per heavy atom. The number of ether oxygens (including phenoxy) is 2. The topological polar surface area (TPSA) is 248 Å². The Bertz CT molecular complexity index is 2610. The quantitative estimate of drug-likeness (QED) is 0.0846. The van der Waals surface area contributed by atoms with E-state index in [2.05, 4.69) is 10.2 Å². The van der Waals surface area contributed by atoms with E-state index < -0.39 is 35.4 Å². The van der Waals surface area contributed by atoms with Gasteiger partial charge < -0.3 is 44.8 Å². The molecule has 3 amide bonds. The number of rotatable bonds is 26. The summed E-state index contributed by atoms with van der Waals surface area (Å²) in [6, 6.07) is 11.5. The van der Waals surface area contributed by atoms with Crippen molar-refractivity contribution in [1.29, 1.82) is 0 Å². The van der Waals surface area contributed by atoms with Crippen LogP contribution in [0.5, 0.6) is 11.5 Å². The molecule has 1 saturated heterocycles. The summed E-state index contributed by atoms with van der Waals surface area (Å²) in [5, 5.41) is 38.6. The highest BCUT2D eigenvalue weighted by Crippen LogP contribution is 2.58. The number of ketones is 1. The molecule has 8 rings (SSSR count). The highest BCUT2D eigenvalue weighted by atomic mass is 16.5. The van der Waals surface area contributed by atoms with Crippen LogP contribution in [0.15, 0.2) is 42.5 Å². The van der Waals surface area contributed by atoms with Gasteiger partial charge in [0.25, 0.3) is 11.8 Å². The van der Waals surface area contributed by atoms with E-state index in [-0.39, 0.29) is 67.0 Å². The normalized spacial score (nSPS) is 21.9. The van der Waals surface area contributed by atoms with Gasteiger partial charge in [0.05, 0.1) is 44.3 Å². The molecule has 4 aliphatic carbocycles. The van der Waals surface area contributed by atoms with Crippen LogP contribution in [0.2, 0.25) is 0 Å². The van der Waals surface area contributed by atoms with Crippen LogP contribution in [-0.4, -0.2) is 221 Å². The molecule has 79 heavy (non-hydrogen) atoms. The lowest BCUT2D eigenvalue weighted by Gasteiger charge is -2.59. The van der Waals surface area contributed by atoms with Gasteiger partial charge in [-0.05, 0) is 150 Å². The van der Waals surface area contributed by atoms with Crippen LogP contribution < -0.4 is 14.8 Å². The van der Waals surface area contributed by atoms with Crippen molar-refractivity contribution in [3.05, 3.63) is 59.3 Å². The number of aromatic nitrogens is 2. The fourth-order valence-corrected chi connectivity index (χ4v) is 13.0. The monoisotopic (exact) mass is 1100 g/mol. The zero-order valence-corrected chi connectivity index (χ0v) is 47.4. The predicted octanol–water partition coefficient (Wildman–Crippen LogP) is 4.76. The van der Waals surface area contributed by atoms with Crippen LogP contribution in [0.1, 0.15) is 111 Å². The molecule has 1 aromatic heterocycles. The largest absolute Gasteiger partial charge is 0.496 e. The second-order valence-electron chi connectivity index (χ2n) is 22.9. The van der Waals surface area contributed by atoms with Gasteiger partial charge in [-0.3, -0.25) is 43.5 Å². The number of nitrogens with zero attached hydrogens (tertiary/aromatic N) is 8. The number of carboxylic acid groups (broad SMARTS) is 3. The summed E-state index contributed by atoms with van der Waals surface area (Å²) in [5.74, 6) is -2.43. The number of methoxy groups -OCH3 is 2. The van der Waals surface area contributed by atoms with Crippen molar-refractivity contribution in [2.24, 2.45) is 23.7 Å². The standard InChI is InChI=1S/C58H83N9O12/c1-37(2)44-33-41(14-15-46(44)67-48(53-49(78-7)12-9-13-50(53)79-8)34-45(60-67)54(72)59-58(57(76)77)42-29-39-28-40(31-42)32-43(58)30-39)55(73)63(6)21-11-19-61(4)18-10-20-62(5)51(69)17-16-47(56(74)75)66-26-24-64(35-38(3)68)22-23-65(25-27-66)36-52(70)71/h9,12-15,33-34,37,39-40,42-43,47H,10-11,16-32,35-36H2,1-8H3,(H,59,72)(H,70,71)(H,74,75)(H,76,77). The van der Waals surface area contributed by atoms with Gasteiger partial charge in [-0.25, -0.2) is 9.48 Å². The molecule has 5 fully saturated rings. The van der Waals surface area contributed by atoms with Crippen LogP contribution in [0.3, 0.4) is 0 Å². The molecular formula is C58H83N9O12. The molecule has 0 spiro atoms. The summed E-state index contributed by atoms with van der Waals surface area (Å²) >= 11 is 0. The maximum atomic E-state index is 14.5. The average Bonchev–Trinajstić information content (AvgIpc) is 3.94. The number of benzene rings is 2. The van der Waals surface area contributed by atoms with E-state index in [1.165, 1.54) is 6.92 Å². The summed E-state index contributed by atoms with van der Waals surface area (Å²) in [5.41, 5.74) is 1.61. The smallest absolute Gasteiger partial charge is 0.330 e. The molecule has 1 unspecified atom stereocenters. The first-order valence-electron chi connectivity index (χ1n) is 28.0. The summed E-state index contributed by atoms with van der Waals surface area (Å²) in [7, 11) is 8.57. The van der Waals surface area contributed by atoms with Crippen LogP contribution in [0.4, 0.5) is 0 Å². The maximum absolute atomic E-state index is 14.5. The van der Waals surface area contributed by atoms with Crippen LogP contribution in [0.25, 0.3) is 16.9 Å². The molecular weight excluding hydrogens is 1010 g/mol. The third-order valence-corrected chi connectivity index (χ3v) is 17.0. The van der Waals surface area contributed by atoms with E-state index in [9.17, 15) is 48.9 Å². The first-order valence-corrected chi connectivity index (χ1v) is 28.0. The van der Waals surface area contributed by atoms with Crippen molar-refractivity contribution in [3.8, 4) is 28.4 Å². The Labute approximate surface area is 464 Å². The third-order valence-electron chi connectivity index (χ3n) is 17.0. The minimum atomic E-state index is -1.38. The van der Waals surface area contributed by atoms with E-state index in [4.69, 9.17) is 14.6 Å². The van der Waals surface area contributed by atoms with Gasteiger partial charge in [-0.15, -0.1) is 0 Å². The number of Topliss-reactive ketones (excluding diaryl/α,β-unsaturated/α-hetero) is 1. The zero-order valence-electron chi connectivity index (χ0n) is 47.4. The Kier molecular flexibility index (Phi) is 20.3. The second-order valence-corrected chi connectivity index (χ2v) is 22.9. The van der Waals surface area contributed by atoms with Crippen LogP contribution >= 0.6 is 0 Å². The van der Waals surface area contributed by atoms with Gasteiger partial charge in [0.2, 0.25) is 5.91 Å². The Hall–Kier alpha value is -6.42. The molecule has 4 N–H and O–H groups in total. The van der Waals surface area contributed by atoms with Crippen molar-refractivity contribution < 1.29 is 58.4 Å². The summed E-state index contributed by atoms with van der Waals surface area (Å²) in [6.07, 6.45) is 5.75. The Balaban J connectivity index is 0.955. The minimum Gasteiger partial charge on any atom is -0.496 e. The highest BCUT2D eigenvalue weighted by Gasteiger charge is 2.62. The number of carboxylic acids is 3. The molecule has 2 heterocycles. The van der Waals surface area contributed by atoms with Gasteiger partial charge in [-0.2, -0.15) is 5.10 Å². The molecule has 432 valence electrons. The van der Waals surface area contributed by atoms with E-state index in [1.807, 2.05) is 37.9 Å². The molecule has 2 aromatic carbocycles. The van der Waals surface area contributed by atoms with Crippen molar-refractivity contribution in [1.82, 2.24) is 44.5 Å².